The van der Waals surface area contributed by atoms with E-state index in [1.807, 2.05) is 13.1 Å². The van der Waals surface area contributed by atoms with E-state index in [-0.39, 0.29) is 5.41 Å². The highest BCUT2D eigenvalue weighted by atomic mass is 16.5. The van der Waals surface area contributed by atoms with Crippen molar-refractivity contribution in [1.82, 2.24) is 5.32 Å². The van der Waals surface area contributed by atoms with Crippen molar-refractivity contribution in [3.05, 3.63) is 29.8 Å². The monoisotopic (exact) mass is 249 g/mol. The van der Waals surface area contributed by atoms with Gasteiger partial charge in [0.15, 0.2) is 0 Å². The van der Waals surface area contributed by atoms with Crippen molar-refractivity contribution in [2.45, 2.75) is 46.6 Å². The minimum atomic E-state index is 0.209. The highest BCUT2D eigenvalue weighted by Gasteiger charge is 2.29. The topological polar surface area (TPSA) is 21.3 Å². The number of ether oxygens (including phenoxy) is 1. The largest absolute Gasteiger partial charge is 0.493 e. The van der Waals surface area contributed by atoms with Crippen molar-refractivity contribution in [3.63, 3.8) is 0 Å². The van der Waals surface area contributed by atoms with Gasteiger partial charge in [0.1, 0.15) is 5.75 Å². The number of hydrogen-bond donors (Lipinski definition) is 1. The van der Waals surface area contributed by atoms with Gasteiger partial charge in [0.25, 0.3) is 0 Å². The average Bonchev–Trinajstić information content (AvgIpc) is 2.38. The van der Waals surface area contributed by atoms with Crippen molar-refractivity contribution >= 4 is 0 Å². The number of hydrogen-bond acceptors (Lipinski definition) is 2. The third kappa shape index (κ3) is 3.49. The summed E-state index contributed by atoms with van der Waals surface area (Å²) in [4.78, 5) is 0. The molecule has 1 aromatic carbocycles. The first-order chi connectivity index (χ1) is 8.56. The van der Waals surface area contributed by atoms with E-state index in [0.717, 1.165) is 25.2 Å². The van der Waals surface area contributed by atoms with Crippen molar-refractivity contribution in [1.29, 1.82) is 0 Å². The van der Waals surface area contributed by atoms with Crippen LogP contribution in [0.1, 0.15) is 52.1 Å². The van der Waals surface area contributed by atoms with E-state index in [1.54, 1.807) is 0 Å². The predicted molar refractivity (Wildman–Crippen MR) is 78.1 cm³/mol. The summed E-state index contributed by atoms with van der Waals surface area (Å²) >= 11 is 0. The molecule has 0 bridgehead atoms. The van der Waals surface area contributed by atoms with Crippen LogP contribution in [0.15, 0.2) is 24.3 Å². The zero-order valence-corrected chi connectivity index (χ0v) is 12.4. The van der Waals surface area contributed by atoms with E-state index in [1.165, 1.54) is 5.56 Å². The first kappa shape index (κ1) is 15.0. The summed E-state index contributed by atoms with van der Waals surface area (Å²) in [5.41, 5.74) is 1.47. The third-order valence-corrected chi connectivity index (χ3v) is 3.67. The minimum Gasteiger partial charge on any atom is -0.493 e. The fourth-order valence-electron chi connectivity index (χ4n) is 2.23. The van der Waals surface area contributed by atoms with Gasteiger partial charge in [-0.15, -0.1) is 0 Å². The maximum Gasteiger partial charge on any atom is 0.124 e. The quantitative estimate of drug-likeness (QED) is 0.783. The van der Waals surface area contributed by atoms with Gasteiger partial charge in [-0.05, 0) is 31.4 Å². The van der Waals surface area contributed by atoms with Gasteiger partial charge >= 0.3 is 0 Å². The van der Waals surface area contributed by atoms with Crippen LogP contribution in [0, 0.1) is 5.41 Å². The van der Waals surface area contributed by atoms with Gasteiger partial charge in [-0.2, -0.15) is 0 Å². The fourth-order valence-corrected chi connectivity index (χ4v) is 2.23. The summed E-state index contributed by atoms with van der Waals surface area (Å²) < 4.78 is 5.87. The van der Waals surface area contributed by atoms with Crippen LogP contribution >= 0.6 is 0 Å². The van der Waals surface area contributed by atoms with Gasteiger partial charge in [-0.25, -0.2) is 0 Å². The zero-order chi connectivity index (χ0) is 13.6. The summed E-state index contributed by atoms with van der Waals surface area (Å²) in [7, 11) is 2.03. The van der Waals surface area contributed by atoms with Crippen LogP contribution in [0.4, 0.5) is 0 Å². The summed E-state index contributed by atoms with van der Waals surface area (Å²) in [6.07, 6.45) is 2.16. The Bertz CT molecular complexity index is 360. The SMILES string of the molecule is CCCOc1ccccc1C(NC)C(C)(C)CC. The highest BCUT2D eigenvalue weighted by molar-refractivity contribution is 5.37. The molecule has 0 amide bonds. The van der Waals surface area contributed by atoms with Crippen LogP contribution < -0.4 is 10.1 Å². The Morgan fingerprint density at radius 1 is 1.22 bits per heavy atom. The first-order valence-corrected chi connectivity index (χ1v) is 6.95. The molecule has 102 valence electrons. The Kier molecular flexibility index (Phi) is 5.67. The van der Waals surface area contributed by atoms with E-state index < -0.39 is 0 Å². The number of benzene rings is 1. The second kappa shape index (κ2) is 6.79. The standard InChI is InChI=1S/C16H27NO/c1-6-12-18-14-11-9-8-10-13(14)15(17-5)16(3,4)7-2/h8-11,15,17H,6-7,12H2,1-5H3. The molecule has 0 aliphatic rings. The molecule has 1 atom stereocenters. The molecular weight excluding hydrogens is 222 g/mol. The molecule has 0 fully saturated rings. The molecule has 0 spiro atoms. The van der Waals surface area contributed by atoms with E-state index in [4.69, 9.17) is 4.74 Å². The lowest BCUT2D eigenvalue weighted by atomic mass is 9.78. The zero-order valence-electron chi connectivity index (χ0n) is 12.4. The van der Waals surface area contributed by atoms with Crippen LogP contribution in [0.25, 0.3) is 0 Å². The molecule has 1 N–H and O–H groups in total. The Morgan fingerprint density at radius 2 is 1.89 bits per heavy atom. The fraction of sp³-hybridized carbons (Fsp3) is 0.625. The van der Waals surface area contributed by atoms with E-state index in [2.05, 4.69) is 51.2 Å². The molecule has 18 heavy (non-hydrogen) atoms. The average molecular weight is 249 g/mol. The number of para-hydroxylation sites is 1. The minimum absolute atomic E-state index is 0.209. The van der Waals surface area contributed by atoms with E-state index in [0.29, 0.717) is 6.04 Å². The molecule has 0 aromatic heterocycles. The van der Waals surface area contributed by atoms with Crippen LogP contribution in [0.3, 0.4) is 0 Å². The third-order valence-electron chi connectivity index (χ3n) is 3.67. The van der Waals surface area contributed by atoms with Crippen LogP contribution in [-0.4, -0.2) is 13.7 Å². The Labute approximate surface area is 112 Å². The van der Waals surface area contributed by atoms with Crippen LogP contribution in [-0.2, 0) is 0 Å². The normalized spacial score (nSPS) is 13.4. The Hall–Kier alpha value is -1.02. The lowest BCUT2D eigenvalue weighted by Gasteiger charge is -2.34. The van der Waals surface area contributed by atoms with Crippen LogP contribution in [0.5, 0.6) is 5.75 Å². The van der Waals surface area contributed by atoms with Crippen molar-refractivity contribution in [3.8, 4) is 5.75 Å². The van der Waals surface area contributed by atoms with Gasteiger partial charge in [0, 0.05) is 11.6 Å². The molecule has 0 saturated carbocycles. The first-order valence-electron chi connectivity index (χ1n) is 6.95. The second-order valence-corrected chi connectivity index (χ2v) is 5.45. The maximum atomic E-state index is 5.87. The van der Waals surface area contributed by atoms with Gasteiger partial charge in [-0.3, -0.25) is 0 Å². The van der Waals surface area contributed by atoms with Crippen molar-refractivity contribution in [2.75, 3.05) is 13.7 Å². The molecule has 0 saturated heterocycles. The molecule has 0 radical (unpaired) electrons. The van der Waals surface area contributed by atoms with Crippen LogP contribution in [0.2, 0.25) is 0 Å². The molecule has 1 aromatic rings. The molecular formula is C16H27NO. The second-order valence-electron chi connectivity index (χ2n) is 5.45. The summed E-state index contributed by atoms with van der Waals surface area (Å²) in [5.74, 6) is 1.01. The van der Waals surface area contributed by atoms with E-state index >= 15 is 0 Å². The lowest BCUT2D eigenvalue weighted by molar-refractivity contribution is 0.234. The smallest absolute Gasteiger partial charge is 0.124 e. The maximum absolute atomic E-state index is 5.87. The summed E-state index contributed by atoms with van der Waals surface area (Å²) in [6, 6.07) is 8.69. The highest BCUT2D eigenvalue weighted by Crippen LogP contribution is 2.39. The van der Waals surface area contributed by atoms with Gasteiger partial charge in [0.2, 0.25) is 0 Å². The van der Waals surface area contributed by atoms with Crippen molar-refractivity contribution < 1.29 is 4.74 Å². The Balaban J connectivity index is 3.05. The molecule has 1 unspecified atom stereocenters. The van der Waals surface area contributed by atoms with Gasteiger partial charge < -0.3 is 10.1 Å². The van der Waals surface area contributed by atoms with Gasteiger partial charge in [-0.1, -0.05) is 45.9 Å². The summed E-state index contributed by atoms with van der Waals surface area (Å²) in [6.45, 7) is 9.74. The molecule has 2 nitrogen and oxygen atoms in total. The molecule has 0 heterocycles. The lowest BCUT2D eigenvalue weighted by Crippen LogP contribution is -2.32. The van der Waals surface area contributed by atoms with Gasteiger partial charge in [0.05, 0.1) is 6.61 Å². The predicted octanol–water partition coefficient (Wildman–Crippen LogP) is 4.17. The molecule has 1 rings (SSSR count). The number of nitrogens with one attached hydrogen (secondary N) is 1. The molecule has 0 aliphatic carbocycles. The molecule has 0 aliphatic heterocycles. The number of rotatable bonds is 7. The van der Waals surface area contributed by atoms with E-state index in [9.17, 15) is 0 Å². The summed E-state index contributed by atoms with van der Waals surface area (Å²) in [5, 5.41) is 3.45. The Morgan fingerprint density at radius 3 is 2.44 bits per heavy atom. The van der Waals surface area contributed by atoms with Crippen molar-refractivity contribution in [2.24, 2.45) is 5.41 Å². The molecule has 2 heteroatoms.